The fraction of sp³-hybridized carbons (Fsp3) is 0.296. The average molecular weight is 488 g/mol. The molecule has 0 atom stereocenters. The van der Waals surface area contributed by atoms with Gasteiger partial charge in [0.15, 0.2) is 0 Å². The van der Waals surface area contributed by atoms with Crippen molar-refractivity contribution >= 4 is 33.1 Å². The number of anilines is 1. The summed E-state index contributed by atoms with van der Waals surface area (Å²) >= 11 is 1.48. The van der Waals surface area contributed by atoms with E-state index in [1.807, 2.05) is 49.4 Å². The van der Waals surface area contributed by atoms with Crippen molar-refractivity contribution < 1.29 is 4.79 Å². The average Bonchev–Trinajstić information content (AvgIpc) is 3.23. The van der Waals surface area contributed by atoms with E-state index in [0.717, 1.165) is 47.9 Å². The van der Waals surface area contributed by atoms with Gasteiger partial charge in [0.2, 0.25) is 0 Å². The van der Waals surface area contributed by atoms with Crippen molar-refractivity contribution in [1.29, 1.82) is 0 Å². The summed E-state index contributed by atoms with van der Waals surface area (Å²) in [6.45, 7) is 10.4. The Bertz CT molecular complexity index is 1400. The molecule has 5 rings (SSSR count). The summed E-state index contributed by atoms with van der Waals surface area (Å²) in [6.07, 6.45) is 1.38. The summed E-state index contributed by atoms with van der Waals surface area (Å²) in [5.41, 5.74) is 5.85. The Hall–Kier alpha value is -3.49. The molecule has 1 aliphatic rings. The Balaban J connectivity index is 1.36. The zero-order valence-electron chi connectivity index (χ0n) is 20.2. The SMILES string of the molecule is Cc1sc2ncn(NC(=O)c3ccc(N4CCN(C(C)C)CC4)cc3)c(=O)c2c1-c1ccccc1. The van der Waals surface area contributed by atoms with E-state index in [9.17, 15) is 9.59 Å². The summed E-state index contributed by atoms with van der Waals surface area (Å²) in [6, 6.07) is 17.9. The molecule has 8 heteroatoms. The van der Waals surface area contributed by atoms with Crippen LogP contribution in [0.5, 0.6) is 0 Å². The quantitative estimate of drug-likeness (QED) is 0.453. The molecule has 0 bridgehead atoms. The molecular formula is C27H29N5O2S. The fourth-order valence-corrected chi connectivity index (χ4v) is 5.63. The van der Waals surface area contributed by atoms with Gasteiger partial charge in [0.05, 0.1) is 5.39 Å². The number of piperazine rings is 1. The summed E-state index contributed by atoms with van der Waals surface area (Å²) in [4.78, 5) is 37.2. The molecule has 1 aliphatic heterocycles. The molecule has 1 fully saturated rings. The number of fused-ring (bicyclic) bond motifs is 1. The minimum atomic E-state index is -0.349. The molecule has 1 N–H and O–H groups in total. The topological polar surface area (TPSA) is 70.5 Å². The zero-order chi connectivity index (χ0) is 24.5. The van der Waals surface area contributed by atoms with Gasteiger partial charge in [0.1, 0.15) is 11.2 Å². The number of hydrogen-bond donors (Lipinski definition) is 1. The van der Waals surface area contributed by atoms with Crippen molar-refractivity contribution in [1.82, 2.24) is 14.6 Å². The predicted molar refractivity (Wildman–Crippen MR) is 143 cm³/mol. The van der Waals surface area contributed by atoms with E-state index in [4.69, 9.17) is 0 Å². The van der Waals surface area contributed by atoms with Crippen LogP contribution in [0.2, 0.25) is 0 Å². The number of thiophene rings is 1. The molecule has 4 aromatic rings. The number of nitrogens with one attached hydrogen (secondary N) is 1. The highest BCUT2D eigenvalue weighted by molar-refractivity contribution is 7.19. The van der Waals surface area contributed by atoms with E-state index in [2.05, 4.69) is 34.1 Å². The predicted octanol–water partition coefficient (Wildman–Crippen LogP) is 4.35. The van der Waals surface area contributed by atoms with Crippen LogP contribution in [0.1, 0.15) is 29.1 Å². The van der Waals surface area contributed by atoms with Crippen molar-refractivity contribution in [2.75, 3.05) is 36.5 Å². The standard InChI is InChI=1S/C27H29N5O2S/c1-18(2)30-13-15-31(16-14-30)22-11-9-21(10-12-22)25(33)29-32-17-28-26-24(27(32)34)23(19(3)35-26)20-7-5-4-6-8-20/h4-12,17-18H,13-16H2,1-3H3,(H,29,33). The number of aryl methyl sites for hydroxylation is 1. The number of benzene rings is 2. The Morgan fingerprint density at radius 2 is 1.69 bits per heavy atom. The summed E-state index contributed by atoms with van der Waals surface area (Å²) in [7, 11) is 0. The summed E-state index contributed by atoms with van der Waals surface area (Å²) < 4.78 is 1.18. The number of nitrogens with zero attached hydrogens (tertiary/aromatic N) is 4. The first kappa shape index (κ1) is 23.3. The van der Waals surface area contributed by atoms with Gasteiger partial charge < -0.3 is 4.90 Å². The van der Waals surface area contributed by atoms with Crippen molar-refractivity contribution in [3.8, 4) is 11.1 Å². The number of hydrogen-bond acceptors (Lipinski definition) is 6. The highest BCUT2D eigenvalue weighted by Crippen LogP contribution is 2.35. The fourth-order valence-electron chi connectivity index (χ4n) is 4.63. The number of carbonyl (C=O) groups is 1. The highest BCUT2D eigenvalue weighted by atomic mass is 32.1. The van der Waals surface area contributed by atoms with Crippen LogP contribution in [-0.4, -0.2) is 52.7 Å². The van der Waals surface area contributed by atoms with Crippen LogP contribution in [0.15, 0.2) is 65.7 Å². The molecule has 3 heterocycles. The molecule has 1 saturated heterocycles. The first-order valence-corrected chi connectivity index (χ1v) is 12.7. The number of aromatic nitrogens is 2. The molecule has 2 aromatic carbocycles. The largest absolute Gasteiger partial charge is 0.369 e. The summed E-state index contributed by atoms with van der Waals surface area (Å²) in [5, 5.41) is 0.525. The van der Waals surface area contributed by atoms with E-state index in [-0.39, 0.29) is 11.5 Å². The van der Waals surface area contributed by atoms with Crippen molar-refractivity contribution in [2.24, 2.45) is 0 Å². The van der Waals surface area contributed by atoms with E-state index < -0.39 is 0 Å². The van der Waals surface area contributed by atoms with Gasteiger partial charge in [-0.15, -0.1) is 11.3 Å². The molecule has 0 aliphatic carbocycles. The van der Waals surface area contributed by atoms with Crippen molar-refractivity contribution in [3.05, 3.63) is 81.7 Å². The van der Waals surface area contributed by atoms with Crippen LogP contribution in [0.25, 0.3) is 21.3 Å². The van der Waals surface area contributed by atoms with Gasteiger partial charge in [-0.05, 0) is 50.6 Å². The van der Waals surface area contributed by atoms with Gasteiger partial charge in [-0.2, -0.15) is 0 Å². The first-order chi connectivity index (χ1) is 16.9. The van der Waals surface area contributed by atoms with Gasteiger partial charge in [-0.1, -0.05) is 30.3 Å². The van der Waals surface area contributed by atoms with Gasteiger partial charge in [0, 0.05) is 53.9 Å². The lowest BCUT2D eigenvalue weighted by Gasteiger charge is -2.38. The highest BCUT2D eigenvalue weighted by Gasteiger charge is 2.20. The van der Waals surface area contributed by atoms with E-state index in [1.165, 1.54) is 22.3 Å². The summed E-state index contributed by atoms with van der Waals surface area (Å²) in [5.74, 6) is -0.349. The lowest BCUT2D eigenvalue weighted by atomic mass is 10.0. The van der Waals surface area contributed by atoms with Crippen LogP contribution in [0, 0.1) is 6.92 Å². The molecule has 0 radical (unpaired) electrons. The monoisotopic (exact) mass is 487 g/mol. The molecule has 1 amide bonds. The second kappa shape index (κ2) is 9.64. The zero-order valence-corrected chi connectivity index (χ0v) is 21.0. The van der Waals surface area contributed by atoms with Gasteiger partial charge in [-0.25, -0.2) is 9.66 Å². The lowest BCUT2D eigenvalue weighted by Crippen LogP contribution is -2.48. The van der Waals surface area contributed by atoms with E-state index in [0.29, 0.717) is 21.8 Å². The maximum atomic E-state index is 13.3. The maximum Gasteiger partial charge on any atom is 0.281 e. The second-order valence-electron chi connectivity index (χ2n) is 9.10. The first-order valence-electron chi connectivity index (χ1n) is 11.9. The Morgan fingerprint density at radius 1 is 1.00 bits per heavy atom. The number of carbonyl (C=O) groups excluding carboxylic acids is 1. The van der Waals surface area contributed by atoms with Gasteiger partial charge in [0.25, 0.3) is 11.5 Å². The number of amides is 1. The van der Waals surface area contributed by atoms with Gasteiger partial charge in [-0.3, -0.25) is 19.9 Å². The third kappa shape index (κ3) is 4.59. The molecule has 180 valence electrons. The molecule has 2 aromatic heterocycles. The molecule has 7 nitrogen and oxygen atoms in total. The Labute approximate surface area is 208 Å². The van der Waals surface area contributed by atoms with Crippen LogP contribution in [0.3, 0.4) is 0 Å². The Morgan fingerprint density at radius 3 is 2.34 bits per heavy atom. The lowest BCUT2D eigenvalue weighted by molar-refractivity contribution is 0.101. The van der Waals surface area contributed by atoms with Crippen LogP contribution < -0.4 is 15.9 Å². The van der Waals surface area contributed by atoms with Crippen LogP contribution >= 0.6 is 11.3 Å². The van der Waals surface area contributed by atoms with Crippen LogP contribution in [0.4, 0.5) is 5.69 Å². The second-order valence-corrected chi connectivity index (χ2v) is 10.3. The molecule has 0 unspecified atom stereocenters. The van der Waals surface area contributed by atoms with Gasteiger partial charge >= 0.3 is 0 Å². The smallest absolute Gasteiger partial charge is 0.281 e. The minimum Gasteiger partial charge on any atom is -0.369 e. The Kier molecular flexibility index (Phi) is 6.40. The normalized spacial score (nSPS) is 14.6. The van der Waals surface area contributed by atoms with Crippen LogP contribution in [-0.2, 0) is 0 Å². The molecular weight excluding hydrogens is 458 g/mol. The van der Waals surface area contributed by atoms with E-state index in [1.54, 1.807) is 12.1 Å². The number of rotatable bonds is 5. The molecule has 35 heavy (non-hydrogen) atoms. The molecule has 0 spiro atoms. The van der Waals surface area contributed by atoms with Crippen molar-refractivity contribution in [3.63, 3.8) is 0 Å². The molecule has 0 saturated carbocycles. The maximum absolute atomic E-state index is 13.3. The third-order valence-corrected chi connectivity index (χ3v) is 7.63. The van der Waals surface area contributed by atoms with E-state index >= 15 is 0 Å². The third-order valence-electron chi connectivity index (χ3n) is 6.61. The van der Waals surface area contributed by atoms with Crippen molar-refractivity contribution in [2.45, 2.75) is 26.8 Å². The minimum absolute atomic E-state index is 0.286.